The van der Waals surface area contributed by atoms with E-state index < -0.39 is 17.7 Å². The first-order valence-electron chi connectivity index (χ1n) is 12.6. The van der Waals surface area contributed by atoms with E-state index in [9.17, 15) is 18.0 Å². The van der Waals surface area contributed by atoms with Gasteiger partial charge in [-0.25, -0.2) is 9.78 Å². The highest BCUT2D eigenvalue weighted by molar-refractivity contribution is 6.01. The van der Waals surface area contributed by atoms with Crippen LogP contribution in [0.1, 0.15) is 24.2 Å². The van der Waals surface area contributed by atoms with Crippen LogP contribution in [0.3, 0.4) is 0 Å². The van der Waals surface area contributed by atoms with Crippen LogP contribution in [-0.4, -0.2) is 84.0 Å². The van der Waals surface area contributed by atoms with Crippen LogP contribution < -0.4 is 4.90 Å². The predicted molar refractivity (Wildman–Crippen MR) is 137 cm³/mol. The largest absolute Gasteiger partial charge is 0.490 e. The van der Waals surface area contributed by atoms with Gasteiger partial charge in [-0.2, -0.15) is 18.3 Å². The number of imidazole rings is 1. The van der Waals surface area contributed by atoms with E-state index in [4.69, 9.17) is 9.90 Å². The molecule has 1 aromatic carbocycles. The molecule has 0 saturated carbocycles. The maximum absolute atomic E-state index is 14.0. The van der Waals surface area contributed by atoms with E-state index in [2.05, 4.69) is 48.7 Å². The lowest BCUT2D eigenvalue weighted by Gasteiger charge is -2.52. The van der Waals surface area contributed by atoms with Gasteiger partial charge in [0.1, 0.15) is 11.4 Å². The number of carboxylic acid groups (broad SMARTS) is 1. The number of carboxylic acids is 1. The van der Waals surface area contributed by atoms with E-state index in [1.807, 2.05) is 43.7 Å². The number of hydrogen-bond acceptors (Lipinski definition) is 6. The molecule has 39 heavy (non-hydrogen) atoms. The Kier molecular flexibility index (Phi) is 8.40. The van der Waals surface area contributed by atoms with Gasteiger partial charge in [0.05, 0.1) is 18.4 Å². The SMILES string of the molecule is Cn1cc(N2CCN(Cc3ccccc3)C3(CCN(Cc4nccn4C)CC3)C2=O)cn1.O=C(O)C(F)(F)F. The number of hydrogen-bond donors (Lipinski definition) is 1. The Hall–Kier alpha value is -3.71. The summed E-state index contributed by atoms with van der Waals surface area (Å²) in [5.74, 6) is -1.48. The van der Waals surface area contributed by atoms with Crippen molar-refractivity contribution in [2.45, 2.75) is 37.6 Å². The van der Waals surface area contributed by atoms with Crippen molar-refractivity contribution in [1.29, 1.82) is 0 Å². The van der Waals surface area contributed by atoms with Gasteiger partial charge in [0.2, 0.25) is 5.91 Å². The zero-order valence-corrected chi connectivity index (χ0v) is 21.9. The maximum Gasteiger partial charge on any atom is 0.490 e. The second kappa shape index (κ2) is 11.6. The number of likely N-dealkylation sites (tertiary alicyclic amines) is 1. The maximum atomic E-state index is 14.0. The average Bonchev–Trinajstić information content (AvgIpc) is 3.51. The molecule has 0 unspecified atom stereocenters. The molecule has 210 valence electrons. The van der Waals surface area contributed by atoms with E-state index >= 15 is 0 Å². The number of halogens is 3. The lowest BCUT2D eigenvalue weighted by atomic mass is 9.81. The summed E-state index contributed by atoms with van der Waals surface area (Å²) in [7, 11) is 3.93. The summed E-state index contributed by atoms with van der Waals surface area (Å²) in [4.78, 5) is 34.2. The van der Waals surface area contributed by atoms with E-state index in [0.29, 0.717) is 6.54 Å². The Labute approximate surface area is 224 Å². The number of carbonyl (C=O) groups is 2. The molecule has 2 saturated heterocycles. The van der Waals surface area contributed by atoms with Gasteiger partial charge in [-0.3, -0.25) is 19.3 Å². The quantitative estimate of drug-likeness (QED) is 0.524. The number of aliphatic carboxylic acids is 1. The molecule has 0 atom stereocenters. The number of anilines is 1. The molecular weight excluding hydrogens is 515 g/mol. The molecule has 2 aromatic heterocycles. The van der Waals surface area contributed by atoms with Gasteiger partial charge >= 0.3 is 12.1 Å². The number of carbonyl (C=O) groups excluding carboxylic acids is 1. The van der Waals surface area contributed by atoms with Crippen molar-refractivity contribution < 1.29 is 27.9 Å². The number of piperazine rings is 1. The Morgan fingerprint density at radius 1 is 1.05 bits per heavy atom. The molecule has 1 spiro atoms. The fourth-order valence-corrected chi connectivity index (χ4v) is 5.11. The van der Waals surface area contributed by atoms with Gasteiger partial charge in [-0.05, 0) is 18.4 Å². The Morgan fingerprint density at radius 3 is 2.26 bits per heavy atom. The highest BCUT2D eigenvalue weighted by atomic mass is 19.4. The number of aryl methyl sites for hydroxylation is 2. The average molecular weight is 548 g/mol. The van der Waals surface area contributed by atoms with Gasteiger partial charge < -0.3 is 14.6 Å². The van der Waals surface area contributed by atoms with Crippen molar-refractivity contribution in [1.82, 2.24) is 29.1 Å². The van der Waals surface area contributed by atoms with Crippen LogP contribution in [0, 0.1) is 0 Å². The molecule has 10 nitrogen and oxygen atoms in total. The zero-order valence-electron chi connectivity index (χ0n) is 21.9. The first-order chi connectivity index (χ1) is 18.5. The highest BCUT2D eigenvalue weighted by Gasteiger charge is 2.51. The third kappa shape index (κ3) is 6.48. The molecule has 13 heteroatoms. The van der Waals surface area contributed by atoms with E-state index in [-0.39, 0.29) is 5.91 Å². The van der Waals surface area contributed by atoms with Crippen molar-refractivity contribution in [2.75, 3.05) is 31.1 Å². The van der Waals surface area contributed by atoms with Crippen LogP contribution in [0.15, 0.2) is 55.1 Å². The molecule has 1 amide bonds. The number of amides is 1. The second-order valence-electron chi connectivity index (χ2n) is 9.80. The fraction of sp³-hybridized carbons (Fsp3) is 0.462. The summed E-state index contributed by atoms with van der Waals surface area (Å²) in [5.41, 5.74) is 1.67. The Morgan fingerprint density at radius 2 is 1.72 bits per heavy atom. The number of alkyl halides is 3. The van der Waals surface area contributed by atoms with Crippen LogP contribution in [-0.2, 0) is 36.8 Å². The summed E-state index contributed by atoms with van der Waals surface area (Å²) in [5, 5.41) is 11.4. The van der Waals surface area contributed by atoms with Crippen LogP contribution in [0.4, 0.5) is 18.9 Å². The van der Waals surface area contributed by atoms with Crippen molar-refractivity contribution in [3.8, 4) is 0 Å². The van der Waals surface area contributed by atoms with E-state index in [0.717, 1.165) is 57.1 Å². The molecular formula is C26H32F3N7O3. The number of rotatable bonds is 5. The van der Waals surface area contributed by atoms with Crippen LogP contribution in [0.5, 0.6) is 0 Å². The summed E-state index contributed by atoms with van der Waals surface area (Å²) >= 11 is 0. The van der Waals surface area contributed by atoms with Gasteiger partial charge in [0.25, 0.3) is 0 Å². The molecule has 2 fully saturated rings. The molecule has 0 aliphatic carbocycles. The normalized spacial score (nSPS) is 18.2. The topological polar surface area (TPSA) is 99.7 Å². The number of benzene rings is 1. The van der Waals surface area contributed by atoms with Crippen LogP contribution in [0.2, 0.25) is 0 Å². The highest BCUT2D eigenvalue weighted by Crippen LogP contribution is 2.37. The number of nitrogens with zero attached hydrogens (tertiary/aromatic N) is 7. The van der Waals surface area contributed by atoms with Crippen LogP contribution >= 0.6 is 0 Å². The predicted octanol–water partition coefficient (Wildman–Crippen LogP) is 2.67. The second-order valence-corrected chi connectivity index (χ2v) is 9.80. The molecule has 4 heterocycles. The lowest BCUT2D eigenvalue weighted by molar-refractivity contribution is -0.192. The van der Waals surface area contributed by atoms with Gasteiger partial charge in [0.15, 0.2) is 0 Å². The van der Waals surface area contributed by atoms with Crippen LogP contribution in [0.25, 0.3) is 0 Å². The fourth-order valence-electron chi connectivity index (χ4n) is 5.11. The Bertz CT molecular complexity index is 1270. The summed E-state index contributed by atoms with van der Waals surface area (Å²) in [6, 6.07) is 10.5. The van der Waals surface area contributed by atoms with Crippen molar-refractivity contribution in [3.05, 3.63) is 66.5 Å². The lowest BCUT2D eigenvalue weighted by Crippen LogP contribution is -2.68. The molecule has 3 aromatic rings. The first kappa shape index (κ1) is 28.3. The Balaban J connectivity index is 0.000000448. The summed E-state index contributed by atoms with van der Waals surface area (Å²) < 4.78 is 35.6. The van der Waals surface area contributed by atoms with E-state index in [1.54, 1.807) is 10.9 Å². The molecule has 0 radical (unpaired) electrons. The summed E-state index contributed by atoms with van der Waals surface area (Å²) in [6.45, 7) is 4.92. The van der Waals surface area contributed by atoms with Crippen molar-refractivity contribution >= 4 is 17.6 Å². The molecule has 2 aliphatic rings. The smallest absolute Gasteiger partial charge is 0.475 e. The first-order valence-corrected chi connectivity index (χ1v) is 12.6. The standard InChI is InChI=1S/C24H31N7O.C2HF3O2/c1-27-13-10-25-22(27)19-29-11-8-24(9-12-29)23(32)31(21-16-26-28(2)18-21)15-14-30(24)17-20-6-4-3-5-7-20;3-2(4,5)1(6)7/h3-7,10,13,16,18H,8-9,11-12,14-15,17,19H2,1-2H3;(H,6,7). The molecule has 0 bridgehead atoms. The third-order valence-corrected chi connectivity index (χ3v) is 7.27. The van der Waals surface area contributed by atoms with Gasteiger partial charge in [-0.1, -0.05) is 30.3 Å². The minimum absolute atomic E-state index is 0.212. The van der Waals surface area contributed by atoms with E-state index in [1.165, 1.54) is 5.56 Å². The van der Waals surface area contributed by atoms with Gasteiger partial charge in [0, 0.05) is 65.4 Å². The molecule has 5 rings (SSSR count). The monoisotopic (exact) mass is 547 g/mol. The third-order valence-electron chi connectivity index (χ3n) is 7.27. The number of piperidine rings is 1. The van der Waals surface area contributed by atoms with Gasteiger partial charge in [-0.15, -0.1) is 0 Å². The molecule has 2 aliphatic heterocycles. The minimum Gasteiger partial charge on any atom is -0.475 e. The molecule has 1 N–H and O–H groups in total. The minimum atomic E-state index is -5.08. The number of aromatic nitrogens is 4. The summed E-state index contributed by atoms with van der Waals surface area (Å²) in [6.07, 6.45) is 4.13. The van der Waals surface area contributed by atoms with Crippen molar-refractivity contribution in [3.63, 3.8) is 0 Å². The van der Waals surface area contributed by atoms with Crippen molar-refractivity contribution in [2.24, 2.45) is 14.1 Å². The zero-order chi connectivity index (χ0) is 28.2.